The lowest BCUT2D eigenvalue weighted by Crippen LogP contribution is -2.40. The Morgan fingerprint density at radius 3 is 2.85 bits per heavy atom. The largest absolute Gasteiger partial charge is 0.377 e. The third-order valence-electron chi connectivity index (χ3n) is 4.21. The lowest BCUT2D eigenvalue weighted by Gasteiger charge is -2.26. The van der Waals surface area contributed by atoms with E-state index in [0.717, 1.165) is 42.7 Å². The zero-order chi connectivity index (χ0) is 14.7. The number of ketones is 1. The number of carbonyl (C=O) groups excluding carboxylic acids is 1. The molecule has 0 radical (unpaired) electrons. The molecule has 1 saturated heterocycles. The Morgan fingerprint density at radius 1 is 1.45 bits per heavy atom. The minimum atomic E-state index is -0.111. The number of aryl methyl sites for hydroxylation is 2. The van der Waals surface area contributed by atoms with Gasteiger partial charge in [0.2, 0.25) is 0 Å². The van der Waals surface area contributed by atoms with Crippen molar-refractivity contribution in [2.45, 2.75) is 45.8 Å². The van der Waals surface area contributed by atoms with Gasteiger partial charge >= 0.3 is 0 Å². The summed E-state index contributed by atoms with van der Waals surface area (Å²) in [4.78, 5) is 14.8. The van der Waals surface area contributed by atoms with Gasteiger partial charge in [-0.05, 0) is 52.3 Å². The molecule has 2 unspecified atom stereocenters. The van der Waals surface area contributed by atoms with Crippen molar-refractivity contribution in [1.29, 1.82) is 0 Å². The van der Waals surface area contributed by atoms with Crippen LogP contribution >= 0.6 is 0 Å². The molecule has 0 bridgehead atoms. The topological polar surface area (TPSA) is 29.5 Å². The molecule has 1 aromatic carbocycles. The Bertz CT molecular complexity index is 478. The van der Waals surface area contributed by atoms with E-state index in [0.29, 0.717) is 0 Å². The van der Waals surface area contributed by atoms with Crippen molar-refractivity contribution in [2.75, 3.05) is 20.2 Å². The molecule has 1 aliphatic heterocycles. The standard InChI is InChI=1S/C17H25NO2/c1-12-7-8-13(2)16(10-12)17(19)14(3)18(4)11-15-6-5-9-20-15/h7-8,10,14-15H,5-6,9,11H2,1-4H3. The quantitative estimate of drug-likeness (QED) is 0.774. The fraction of sp³-hybridized carbons (Fsp3) is 0.588. The Kier molecular flexibility index (Phi) is 4.95. The van der Waals surface area contributed by atoms with Gasteiger partial charge in [-0.25, -0.2) is 0 Å². The molecule has 2 atom stereocenters. The summed E-state index contributed by atoms with van der Waals surface area (Å²) in [7, 11) is 2.01. The van der Waals surface area contributed by atoms with Gasteiger partial charge in [0.1, 0.15) is 0 Å². The van der Waals surface area contributed by atoms with E-state index in [4.69, 9.17) is 4.74 Å². The first-order chi connectivity index (χ1) is 9.49. The van der Waals surface area contributed by atoms with Crippen LogP contribution in [0, 0.1) is 13.8 Å². The molecule has 1 heterocycles. The van der Waals surface area contributed by atoms with Crippen molar-refractivity contribution in [3.63, 3.8) is 0 Å². The summed E-state index contributed by atoms with van der Waals surface area (Å²) in [5.74, 6) is 0.201. The van der Waals surface area contributed by atoms with Gasteiger partial charge in [-0.2, -0.15) is 0 Å². The zero-order valence-corrected chi connectivity index (χ0v) is 13.0. The fourth-order valence-electron chi connectivity index (χ4n) is 2.69. The van der Waals surface area contributed by atoms with Gasteiger partial charge in [0.15, 0.2) is 5.78 Å². The van der Waals surface area contributed by atoms with Crippen LogP contribution in [0.4, 0.5) is 0 Å². The molecule has 1 fully saturated rings. The number of ether oxygens (including phenoxy) is 1. The van der Waals surface area contributed by atoms with Crippen LogP contribution in [0.1, 0.15) is 41.3 Å². The number of rotatable bonds is 5. The van der Waals surface area contributed by atoms with Crippen LogP contribution in [0.5, 0.6) is 0 Å². The molecule has 20 heavy (non-hydrogen) atoms. The average Bonchev–Trinajstić information content (AvgIpc) is 2.92. The summed E-state index contributed by atoms with van der Waals surface area (Å²) in [5, 5.41) is 0. The van der Waals surface area contributed by atoms with Crippen molar-refractivity contribution >= 4 is 5.78 Å². The van der Waals surface area contributed by atoms with E-state index in [1.54, 1.807) is 0 Å². The van der Waals surface area contributed by atoms with Crippen LogP contribution < -0.4 is 0 Å². The lowest BCUT2D eigenvalue weighted by molar-refractivity contribution is 0.0620. The SMILES string of the molecule is Cc1ccc(C)c(C(=O)C(C)N(C)CC2CCCO2)c1. The predicted molar refractivity (Wildman–Crippen MR) is 81.3 cm³/mol. The van der Waals surface area contributed by atoms with Crippen molar-refractivity contribution in [3.8, 4) is 0 Å². The second kappa shape index (κ2) is 6.51. The van der Waals surface area contributed by atoms with Gasteiger partial charge in [0.25, 0.3) is 0 Å². The van der Waals surface area contributed by atoms with Crippen LogP contribution in [0.25, 0.3) is 0 Å². The predicted octanol–water partition coefficient (Wildman–Crippen LogP) is 2.99. The molecule has 0 amide bonds. The van der Waals surface area contributed by atoms with Crippen LogP contribution in [0.3, 0.4) is 0 Å². The normalized spacial score (nSPS) is 20.4. The number of benzene rings is 1. The highest BCUT2D eigenvalue weighted by Crippen LogP contribution is 2.17. The maximum atomic E-state index is 12.7. The minimum Gasteiger partial charge on any atom is -0.377 e. The molecule has 0 aliphatic carbocycles. The monoisotopic (exact) mass is 275 g/mol. The van der Waals surface area contributed by atoms with Gasteiger partial charge in [-0.3, -0.25) is 9.69 Å². The Morgan fingerprint density at radius 2 is 2.20 bits per heavy atom. The number of Topliss-reactive ketones (excluding diaryl/α,β-unsaturated/α-hetero) is 1. The van der Waals surface area contributed by atoms with E-state index in [-0.39, 0.29) is 17.9 Å². The summed E-state index contributed by atoms with van der Waals surface area (Å²) < 4.78 is 5.65. The summed E-state index contributed by atoms with van der Waals surface area (Å²) in [6, 6.07) is 5.95. The van der Waals surface area contributed by atoms with Gasteiger partial charge in [-0.1, -0.05) is 17.7 Å². The summed E-state index contributed by atoms with van der Waals surface area (Å²) in [6.45, 7) is 7.70. The summed E-state index contributed by atoms with van der Waals surface area (Å²) >= 11 is 0. The number of hydrogen-bond acceptors (Lipinski definition) is 3. The van der Waals surface area contributed by atoms with E-state index in [1.165, 1.54) is 0 Å². The number of carbonyl (C=O) groups is 1. The van der Waals surface area contributed by atoms with Crippen molar-refractivity contribution in [2.24, 2.45) is 0 Å². The van der Waals surface area contributed by atoms with E-state index >= 15 is 0 Å². The third kappa shape index (κ3) is 3.47. The second-order valence-electron chi connectivity index (χ2n) is 5.93. The van der Waals surface area contributed by atoms with Crippen LogP contribution in [-0.2, 0) is 4.74 Å². The Balaban J connectivity index is 2.05. The molecule has 110 valence electrons. The zero-order valence-electron chi connectivity index (χ0n) is 13.0. The molecular formula is C17H25NO2. The van der Waals surface area contributed by atoms with E-state index < -0.39 is 0 Å². The van der Waals surface area contributed by atoms with Crippen molar-refractivity contribution < 1.29 is 9.53 Å². The van der Waals surface area contributed by atoms with E-state index in [9.17, 15) is 4.79 Å². The van der Waals surface area contributed by atoms with Gasteiger partial charge in [0.05, 0.1) is 12.1 Å². The highest BCUT2D eigenvalue weighted by Gasteiger charge is 2.25. The number of likely N-dealkylation sites (N-methyl/N-ethyl adjacent to an activating group) is 1. The van der Waals surface area contributed by atoms with Gasteiger partial charge in [-0.15, -0.1) is 0 Å². The molecule has 0 aromatic heterocycles. The molecular weight excluding hydrogens is 250 g/mol. The Hall–Kier alpha value is -1.19. The Labute approximate surface area is 121 Å². The van der Waals surface area contributed by atoms with E-state index in [2.05, 4.69) is 4.90 Å². The molecule has 1 aliphatic rings. The van der Waals surface area contributed by atoms with Crippen molar-refractivity contribution in [3.05, 3.63) is 34.9 Å². The van der Waals surface area contributed by atoms with Gasteiger partial charge < -0.3 is 4.74 Å². The second-order valence-corrected chi connectivity index (χ2v) is 5.93. The maximum Gasteiger partial charge on any atom is 0.179 e. The molecule has 0 spiro atoms. The molecule has 0 N–H and O–H groups in total. The summed E-state index contributed by atoms with van der Waals surface area (Å²) in [5.41, 5.74) is 3.03. The third-order valence-corrected chi connectivity index (χ3v) is 4.21. The first kappa shape index (κ1) is 15.2. The van der Waals surface area contributed by atoms with E-state index in [1.807, 2.05) is 46.0 Å². The first-order valence-corrected chi connectivity index (χ1v) is 7.42. The smallest absolute Gasteiger partial charge is 0.179 e. The molecule has 0 saturated carbocycles. The minimum absolute atomic E-state index is 0.111. The van der Waals surface area contributed by atoms with Crippen LogP contribution in [-0.4, -0.2) is 43.0 Å². The average molecular weight is 275 g/mol. The fourth-order valence-corrected chi connectivity index (χ4v) is 2.69. The van der Waals surface area contributed by atoms with Crippen molar-refractivity contribution in [1.82, 2.24) is 4.90 Å². The van der Waals surface area contributed by atoms with Crippen LogP contribution in [0.15, 0.2) is 18.2 Å². The maximum absolute atomic E-state index is 12.7. The number of hydrogen-bond donors (Lipinski definition) is 0. The summed E-state index contributed by atoms with van der Waals surface area (Å²) in [6.07, 6.45) is 2.53. The molecule has 2 rings (SSSR count). The van der Waals surface area contributed by atoms with Crippen LogP contribution in [0.2, 0.25) is 0 Å². The highest BCUT2D eigenvalue weighted by molar-refractivity contribution is 6.01. The lowest BCUT2D eigenvalue weighted by atomic mass is 9.97. The molecule has 1 aromatic rings. The first-order valence-electron chi connectivity index (χ1n) is 7.42. The van der Waals surface area contributed by atoms with Gasteiger partial charge in [0, 0.05) is 18.7 Å². The molecule has 3 nitrogen and oxygen atoms in total. The number of nitrogens with zero attached hydrogens (tertiary/aromatic N) is 1. The highest BCUT2D eigenvalue weighted by atomic mass is 16.5. The molecule has 3 heteroatoms.